The van der Waals surface area contributed by atoms with Crippen LogP contribution < -0.4 is 0 Å². The van der Waals surface area contributed by atoms with Crippen LogP contribution in [0, 0.1) is 0 Å². The fourth-order valence-electron chi connectivity index (χ4n) is 4.05. The number of piperazine rings is 1. The van der Waals surface area contributed by atoms with E-state index in [1.165, 1.54) is 22.8 Å². The lowest BCUT2D eigenvalue weighted by Gasteiger charge is -2.38. The number of amides is 2. The Labute approximate surface area is 150 Å². The van der Waals surface area contributed by atoms with Gasteiger partial charge >= 0.3 is 6.03 Å². The summed E-state index contributed by atoms with van der Waals surface area (Å²) in [5, 5.41) is 2.65. The topological polar surface area (TPSA) is 26.8 Å². The Kier molecular flexibility index (Phi) is 4.88. The van der Waals surface area contributed by atoms with Gasteiger partial charge in [-0.3, -0.25) is 4.90 Å². The molecule has 0 spiro atoms. The number of piperidine rings is 1. The molecule has 0 radical (unpaired) electrons. The van der Waals surface area contributed by atoms with E-state index in [9.17, 15) is 4.79 Å². The zero-order chi connectivity index (χ0) is 17.1. The standard InChI is InChI=1S/C21H27N3O/c25-21(23-11-4-1-5-12-23)24-15-13-22(14-16-24)17-19-9-6-8-18-7-2-3-10-20(18)19/h2-3,6-10H,1,4-5,11-17H2. The minimum Gasteiger partial charge on any atom is -0.325 e. The van der Waals surface area contributed by atoms with E-state index >= 15 is 0 Å². The van der Waals surface area contributed by atoms with Crippen LogP contribution in [-0.4, -0.2) is 60.0 Å². The van der Waals surface area contributed by atoms with Crippen LogP contribution in [-0.2, 0) is 6.54 Å². The summed E-state index contributed by atoms with van der Waals surface area (Å²) < 4.78 is 0. The molecule has 0 bridgehead atoms. The van der Waals surface area contributed by atoms with Gasteiger partial charge in [0.15, 0.2) is 0 Å². The van der Waals surface area contributed by atoms with Crippen LogP contribution in [0.25, 0.3) is 10.8 Å². The number of rotatable bonds is 2. The van der Waals surface area contributed by atoms with Gasteiger partial charge in [0.05, 0.1) is 0 Å². The Morgan fingerprint density at radius 1 is 0.760 bits per heavy atom. The molecule has 2 aromatic rings. The normalized spacial score (nSPS) is 19.4. The van der Waals surface area contributed by atoms with Crippen molar-refractivity contribution < 1.29 is 4.79 Å². The number of fused-ring (bicyclic) bond motifs is 1. The molecule has 4 nitrogen and oxygen atoms in total. The Morgan fingerprint density at radius 2 is 1.44 bits per heavy atom. The number of likely N-dealkylation sites (tertiary alicyclic amines) is 1. The molecular weight excluding hydrogens is 310 g/mol. The molecule has 132 valence electrons. The van der Waals surface area contributed by atoms with Crippen molar-refractivity contribution in [2.75, 3.05) is 39.3 Å². The predicted molar refractivity (Wildman–Crippen MR) is 102 cm³/mol. The summed E-state index contributed by atoms with van der Waals surface area (Å²) in [5.74, 6) is 0. The molecule has 2 amide bonds. The second-order valence-corrected chi connectivity index (χ2v) is 7.23. The maximum absolute atomic E-state index is 12.6. The van der Waals surface area contributed by atoms with Crippen molar-refractivity contribution in [3.8, 4) is 0 Å². The first-order chi connectivity index (χ1) is 12.3. The highest BCUT2D eigenvalue weighted by Crippen LogP contribution is 2.21. The Bertz CT molecular complexity index is 726. The van der Waals surface area contributed by atoms with Gasteiger partial charge in [0, 0.05) is 45.8 Å². The van der Waals surface area contributed by atoms with Crippen LogP contribution in [0.1, 0.15) is 24.8 Å². The molecule has 2 fully saturated rings. The Balaban J connectivity index is 1.36. The molecule has 25 heavy (non-hydrogen) atoms. The van der Waals surface area contributed by atoms with Crippen molar-refractivity contribution >= 4 is 16.8 Å². The van der Waals surface area contributed by atoms with E-state index in [0.29, 0.717) is 0 Å². The minimum atomic E-state index is 0.254. The van der Waals surface area contributed by atoms with Gasteiger partial charge in [-0.25, -0.2) is 4.79 Å². The van der Waals surface area contributed by atoms with E-state index in [4.69, 9.17) is 0 Å². The summed E-state index contributed by atoms with van der Waals surface area (Å²) >= 11 is 0. The van der Waals surface area contributed by atoms with Crippen molar-refractivity contribution in [3.63, 3.8) is 0 Å². The number of carbonyl (C=O) groups is 1. The van der Waals surface area contributed by atoms with Gasteiger partial charge < -0.3 is 9.80 Å². The highest BCUT2D eigenvalue weighted by molar-refractivity contribution is 5.85. The van der Waals surface area contributed by atoms with Gasteiger partial charge in [-0.2, -0.15) is 0 Å². The zero-order valence-electron chi connectivity index (χ0n) is 14.9. The molecule has 0 aromatic heterocycles. The predicted octanol–water partition coefficient (Wildman–Crippen LogP) is 3.56. The van der Waals surface area contributed by atoms with Gasteiger partial charge in [0.1, 0.15) is 0 Å². The SMILES string of the molecule is O=C(N1CCCCC1)N1CCN(Cc2cccc3ccccc23)CC1. The molecule has 0 saturated carbocycles. The van der Waals surface area contributed by atoms with E-state index in [0.717, 1.165) is 58.7 Å². The Morgan fingerprint density at radius 3 is 2.24 bits per heavy atom. The summed E-state index contributed by atoms with van der Waals surface area (Å²) in [5.41, 5.74) is 1.38. The van der Waals surface area contributed by atoms with Gasteiger partial charge in [0.25, 0.3) is 0 Å². The highest BCUT2D eigenvalue weighted by Gasteiger charge is 2.26. The Hall–Kier alpha value is -2.07. The third kappa shape index (κ3) is 3.64. The summed E-state index contributed by atoms with van der Waals surface area (Å²) in [7, 11) is 0. The summed E-state index contributed by atoms with van der Waals surface area (Å²) in [6.45, 7) is 6.46. The molecular formula is C21H27N3O. The van der Waals surface area contributed by atoms with E-state index < -0.39 is 0 Å². The van der Waals surface area contributed by atoms with Gasteiger partial charge in [-0.05, 0) is 35.6 Å². The summed E-state index contributed by atoms with van der Waals surface area (Å²) in [6.07, 6.45) is 3.59. The molecule has 2 aromatic carbocycles. The molecule has 2 aliphatic rings. The quantitative estimate of drug-likeness (QED) is 0.838. The second kappa shape index (κ2) is 7.44. The second-order valence-electron chi connectivity index (χ2n) is 7.23. The average Bonchev–Trinajstić information content (AvgIpc) is 2.69. The number of benzene rings is 2. The maximum Gasteiger partial charge on any atom is 0.320 e. The maximum atomic E-state index is 12.6. The molecule has 2 aliphatic heterocycles. The number of hydrogen-bond donors (Lipinski definition) is 0. The minimum absolute atomic E-state index is 0.254. The van der Waals surface area contributed by atoms with Crippen LogP contribution in [0.4, 0.5) is 4.79 Å². The van der Waals surface area contributed by atoms with Crippen molar-refractivity contribution in [2.24, 2.45) is 0 Å². The van der Waals surface area contributed by atoms with E-state index in [-0.39, 0.29) is 6.03 Å². The monoisotopic (exact) mass is 337 g/mol. The number of urea groups is 1. The molecule has 2 heterocycles. The molecule has 0 unspecified atom stereocenters. The fraction of sp³-hybridized carbons (Fsp3) is 0.476. The number of hydrogen-bond acceptors (Lipinski definition) is 2. The molecule has 0 atom stereocenters. The van der Waals surface area contributed by atoms with Crippen LogP contribution >= 0.6 is 0 Å². The molecule has 0 N–H and O–H groups in total. The van der Waals surface area contributed by atoms with Crippen LogP contribution in [0.5, 0.6) is 0 Å². The van der Waals surface area contributed by atoms with Gasteiger partial charge in [-0.1, -0.05) is 42.5 Å². The van der Waals surface area contributed by atoms with Crippen LogP contribution in [0.2, 0.25) is 0 Å². The third-order valence-electron chi connectivity index (χ3n) is 5.54. The van der Waals surface area contributed by atoms with Gasteiger partial charge in [0.2, 0.25) is 0 Å². The molecule has 0 aliphatic carbocycles. The van der Waals surface area contributed by atoms with Crippen molar-refractivity contribution in [3.05, 3.63) is 48.0 Å². The lowest BCUT2D eigenvalue weighted by molar-refractivity contribution is 0.105. The summed E-state index contributed by atoms with van der Waals surface area (Å²) in [4.78, 5) is 19.2. The van der Waals surface area contributed by atoms with Crippen molar-refractivity contribution in [1.82, 2.24) is 14.7 Å². The zero-order valence-corrected chi connectivity index (χ0v) is 14.9. The van der Waals surface area contributed by atoms with E-state index in [1.807, 2.05) is 9.80 Å². The number of nitrogens with zero attached hydrogens (tertiary/aromatic N) is 3. The largest absolute Gasteiger partial charge is 0.325 e. The van der Waals surface area contributed by atoms with E-state index in [1.54, 1.807) is 0 Å². The first-order valence-corrected chi connectivity index (χ1v) is 9.54. The van der Waals surface area contributed by atoms with E-state index in [2.05, 4.69) is 47.4 Å². The molecule has 2 saturated heterocycles. The lowest BCUT2D eigenvalue weighted by Crippen LogP contribution is -2.53. The van der Waals surface area contributed by atoms with Crippen molar-refractivity contribution in [1.29, 1.82) is 0 Å². The van der Waals surface area contributed by atoms with Crippen molar-refractivity contribution in [2.45, 2.75) is 25.8 Å². The van der Waals surface area contributed by atoms with Gasteiger partial charge in [-0.15, -0.1) is 0 Å². The van der Waals surface area contributed by atoms with Crippen LogP contribution in [0.3, 0.4) is 0 Å². The molecule has 4 rings (SSSR count). The number of carbonyl (C=O) groups excluding carboxylic acids is 1. The third-order valence-corrected chi connectivity index (χ3v) is 5.54. The average molecular weight is 337 g/mol. The molecule has 4 heteroatoms. The smallest absolute Gasteiger partial charge is 0.320 e. The first-order valence-electron chi connectivity index (χ1n) is 9.54. The lowest BCUT2D eigenvalue weighted by atomic mass is 10.0. The fourth-order valence-corrected chi connectivity index (χ4v) is 4.05. The highest BCUT2D eigenvalue weighted by atomic mass is 16.2. The summed E-state index contributed by atoms with van der Waals surface area (Å²) in [6, 6.07) is 15.4. The van der Waals surface area contributed by atoms with Crippen LogP contribution in [0.15, 0.2) is 42.5 Å². The first kappa shape index (κ1) is 16.4.